The van der Waals surface area contributed by atoms with Gasteiger partial charge in [0.15, 0.2) is 12.1 Å². The first kappa shape index (κ1) is 26.7. The Morgan fingerprint density at radius 1 is 0.902 bits per heavy atom. The fourth-order valence-corrected chi connectivity index (χ4v) is 8.17. The van der Waals surface area contributed by atoms with Crippen molar-refractivity contribution in [2.24, 2.45) is 22.7 Å². The molecule has 0 unspecified atom stereocenters. The van der Waals surface area contributed by atoms with E-state index in [2.05, 4.69) is 0 Å². The topological polar surface area (TPSA) is 116 Å². The fourth-order valence-electron chi connectivity index (χ4n) is 8.17. The van der Waals surface area contributed by atoms with Crippen LogP contribution in [-0.4, -0.2) is 69.3 Å². The minimum atomic E-state index is -1.90. The largest absolute Gasteiger partial charge is 0.468 e. The normalized spacial score (nSPS) is 40.4. The molecule has 2 saturated carbocycles. The van der Waals surface area contributed by atoms with Crippen LogP contribution in [0.2, 0.25) is 0 Å². The summed E-state index contributed by atoms with van der Waals surface area (Å²) in [5, 5.41) is 0. The summed E-state index contributed by atoms with van der Waals surface area (Å²) in [6.45, 7) is -0.00539. The maximum atomic E-state index is 13.8. The molecule has 2 bridgehead atoms. The Morgan fingerprint density at radius 2 is 1.59 bits per heavy atom. The number of rotatable bonds is 6. The van der Waals surface area contributed by atoms with Crippen LogP contribution in [-0.2, 0) is 54.1 Å². The van der Waals surface area contributed by atoms with E-state index in [0.717, 1.165) is 11.1 Å². The zero-order valence-electron chi connectivity index (χ0n) is 22.9. The van der Waals surface area contributed by atoms with Gasteiger partial charge in [0, 0.05) is 35.7 Å². The SMILES string of the molecule is COC(=O)[C@@]1(OCc2ccccc2)OC[C@@]23[C@@H]4C[C@@H](O[C@H](c5ccccc5)O4)[C@@]4(C(=O)OC)CO[C@@H](C(=O)C[C@H]12)[C@@H]43. The van der Waals surface area contributed by atoms with Gasteiger partial charge in [0.25, 0.3) is 5.79 Å². The monoisotopic (exact) mass is 564 g/mol. The third kappa shape index (κ3) is 3.58. The molecule has 9 atom stereocenters. The van der Waals surface area contributed by atoms with Gasteiger partial charge in [-0.25, -0.2) is 4.79 Å². The molecule has 0 amide bonds. The summed E-state index contributed by atoms with van der Waals surface area (Å²) in [5.41, 5.74) is -0.713. The van der Waals surface area contributed by atoms with E-state index in [1.165, 1.54) is 14.2 Å². The van der Waals surface area contributed by atoms with Crippen molar-refractivity contribution >= 4 is 17.7 Å². The summed E-state index contributed by atoms with van der Waals surface area (Å²) < 4.78 is 42.7. The highest BCUT2D eigenvalue weighted by Gasteiger charge is 2.83. The summed E-state index contributed by atoms with van der Waals surface area (Å²) >= 11 is 0. The predicted molar refractivity (Wildman–Crippen MR) is 139 cm³/mol. The lowest BCUT2D eigenvalue weighted by molar-refractivity contribution is -0.339. The minimum Gasteiger partial charge on any atom is -0.468 e. The Bertz CT molecular complexity index is 1350. The van der Waals surface area contributed by atoms with Crippen LogP contribution in [0, 0.1) is 22.7 Å². The molecule has 3 saturated heterocycles. The summed E-state index contributed by atoms with van der Waals surface area (Å²) in [7, 11) is 2.59. The summed E-state index contributed by atoms with van der Waals surface area (Å²) in [6.07, 6.45) is -2.61. The Balaban J connectivity index is 1.37. The molecule has 1 spiro atoms. The molecule has 41 heavy (non-hydrogen) atoms. The van der Waals surface area contributed by atoms with Crippen molar-refractivity contribution in [3.8, 4) is 0 Å². The molecular formula is C31H32O10. The second-order valence-electron chi connectivity index (χ2n) is 11.5. The van der Waals surface area contributed by atoms with E-state index < -0.39 is 65.0 Å². The van der Waals surface area contributed by atoms with Crippen LogP contribution in [0.25, 0.3) is 0 Å². The van der Waals surface area contributed by atoms with Gasteiger partial charge >= 0.3 is 11.9 Å². The molecular weight excluding hydrogens is 532 g/mol. The number of ether oxygens (including phenoxy) is 7. The van der Waals surface area contributed by atoms with Crippen molar-refractivity contribution in [1.82, 2.24) is 0 Å². The lowest BCUT2D eigenvalue weighted by Crippen LogP contribution is -2.72. The van der Waals surface area contributed by atoms with Crippen LogP contribution < -0.4 is 0 Å². The third-order valence-corrected chi connectivity index (χ3v) is 9.89. The van der Waals surface area contributed by atoms with Crippen molar-refractivity contribution in [2.75, 3.05) is 27.4 Å². The van der Waals surface area contributed by atoms with Crippen LogP contribution in [0.1, 0.15) is 30.3 Å². The van der Waals surface area contributed by atoms with E-state index in [-0.39, 0.29) is 32.0 Å². The maximum absolute atomic E-state index is 13.8. The molecule has 5 fully saturated rings. The molecule has 3 heterocycles. The molecule has 216 valence electrons. The molecule has 5 aliphatic rings. The first-order valence-corrected chi connectivity index (χ1v) is 13.9. The highest BCUT2D eigenvalue weighted by molar-refractivity contribution is 5.91. The molecule has 10 nitrogen and oxygen atoms in total. The molecule has 0 aromatic heterocycles. The van der Waals surface area contributed by atoms with Gasteiger partial charge in [0.05, 0.1) is 46.2 Å². The van der Waals surface area contributed by atoms with Gasteiger partial charge in [-0.05, 0) is 5.56 Å². The zero-order valence-corrected chi connectivity index (χ0v) is 22.9. The van der Waals surface area contributed by atoms with E-state index in [0.29, 0.717) is 6.42 Å². The number of benzene rings is 2. The number of ketones is 1. The Labute approximate surface area is 237 Å². The Kier molecular flexibility index (Phi) is 6.33. The van der Waals surface area contributed by atoms with Gasteiger partial charge in [-0.15, -0.1) is 0 Å². The van der Waals surface area contributed by atoms with Gasteiger partial charge in [0.2, 0.25) is 0 Å². The van der Waals surface area contributed by atoms with Gasteiger partial charge in [-0.2, -0.15) is 0 Å². The van der Waals surface area contributed by atoms with Crippen LogP contribution >= 0.6 is 0 Å². The maximum Gasteiger partial charge on any atom is 0.366 e. The predicted octanol–water partition coefficient (Wildman–Crippen LogP) is 2.74. The van der Waals surface area contributed by atoms with E-state index in [1.54, 1.807) is 0 Å². The van der Waals surface area contributed by atoms with Gasteiger partial charge in [-0.3, -0.25) is 9.59 Å². The van der Waals surface area contributed by atoms with Crippen LogP contribution in [0.3, 0.4) is 0 Å². The molecule has 0 radical (unpaired) electrons. The van der Waals surface area contributed by atoms with Crippen molar-refractivity contribution in [3.05, 3.63) is 71.8 Å². The third-order valence-electron chi connectivity index (χ3n) is 9.89. The fraction of sp³-hybridized carbons (Fsp3) is 0.516. The highest BCUT2D eigenvalue weighted by Crippen LogP contribution is 2.71. The zero-order chi connectivity index (χ0) is 28.4. The molecule has 7 rings (SSSR count). The van der Waals surface area contributed by atoms with Crippen molar-refractivity contribution in [1.29, 1.82) is 0 Å². The van der Waals surface area contributed by atoms with Gasteiger partial charge in [0.1, 0.15) is 11.5 Å². The van der Waals surface area contributed by atoms with E-state index in [9.17, 15) is 14.4 Å². The van der Waals surface area contributed by atoms with Crippen LogP contribution in [0.5, 0.6) is 0 Å². The summed E-state index contributed by atoms with van der Waals surface area (Å²) in [4.78, 5) is 41.2. The second kappa shape index (κ2) is 9.71. The molecule has 2 aliphatic carbocycles. The molecule has 0 N–H and O–H groups in total. The Morgan fingerprint density at radius 3 is 2.29 bits per heavy atom. The first-order chi connectivity index (χ1) is 19.9. The number of Topliss-reactive ketones (excluding diaryl/α,β-unsaturated/α-hetero) is 1. The van der Waals surface area contributed by atoms with Gasteiger partial charge < -0.3 is 33.2 Å². The molecule has 3 aliphatic heterocycles. The number of methoxy groups -OCH3 is 2. The molecule has 2 aromatic rings. The molecule has 10 heteroatoms. The first-order valence-electron chi connectivity index (χ1n) is 13.9. The number of carbonyl (C=O) groups is 3. The summed E-state index contributed by atoms with van der Waals surface area (Å²) in [6, 6.07) is 18.9. The van der Waals surface area contributed by atoms with Gasteiger partial charge in [-0.1, -0.05) is 60.7 Å². The summed E-state index contributed by atoms with van der Waals surface area (Å²) in [5.74, 6) is -4.92. The lowest BCUT2D eigenvalue weighted by atomic mass is 9.44. The Hall–Kier alpha value is -3.15. The van der Waals surface area contributed by atoms with Crippen LogP contribution in [0.15, 0.2) is 60.7 Å². The standard InChI is InChI=1S/C31H32O10/c1-35-27(33)30-16-37-24-20(32)13-21-29(25(24)30,22-14-23(30)41-26(40-22)19-11-7-4-8-12-19)17-39-31(21,28(34)36-2)38-15-18-9-5-3-6-10-18/h3-12,21-26H,13-17H2,1-2H3/t21-,22-,23+,24-,25+,26+,29-,30-,31-/m0/s1. The van der Waals surface area contributed by atoms with Crippen molar-refractivity contribution in [3.63, 3.8) is 0 Å². The smallest absolute Gasteiger partial charge is 0.366 e. The second-order valence-corrected chi connectivity index (χ2v) is 11.5. The van der Waals surface area contributed by atoms with Crippen LogP contribution in [0.4, 0.5) is 0 Å². The van der Waals surface area contributed by atoms with E-state index in [4.69, 9.17) is 33.2 Å². The van der Waals surface area contributed by atoms with E-state index >= 15 is 0 Å². The number of carbonyl (C=O) groups excluding carboxylic acids is 3. The average molecular weight is 565 g/mol. The number of fused-ring (bicyclic) bond motifs is 3. The minimum absolute atomic E-state index is 0.00297. The number of hydrogen-bond acceptors (Lipinski definition) is 10. The quantitative estimate of drug-likeness (QED) is 0.485. The highest BCUT2D eigenvalue weighted by atomic mass is 16.7. The van der Waals surface area contributed by atoms with Crippen molar-refractivity contribution < 1.29 is 47.5 Å². The van der Waals surface area contributed by atoms with E-state index in [1.807, 2.05) is 60.7 Å². The average Bonchev–Trinajstić information content (AvgIpc) is 3.59. The molecule has 2 aromatic carbocycles. The number of hydrogen-bond donors (Lipinski definition) is 0. The number of esters is 2. The lowest BCUT2D eigenvalue weighted by Gasteiger charge is -2.61. The van der Waals surface area contributed by atoms with Crippen molar-refractivity contribution in [2.45, 2.75) is 49.8 Å².